The molecule has 4 aromatic rings. The molecule has 8 nitrogen and oxygen atoms in total. The van der Waals surface area contributed by atoms with Crippen LogP contribution in [-0.2, 0) is 22.6 Å². The molecule has 0 aliphatic carbocycles. The average molecular weight is 582 g/mol. The van der Waals surface area contributed by atoms with E-state index in [0.29, 0.717) is 36.7 Å². The summed E-state index contributed by atoms with van der Waals surface area (Å²) in [5.74, 6) is -0.899. The van der Waals surface area contributed by atoms with Crippen molar-refractivity contribution in [2.45, 2.75) is 52.7 Å². The summed E-state index contributed by atoms with van der Waals surface area (Å²) < 4.78 is 12.5. The Morgan fingerprint density at radius 3 is 2.05 bits per heavy atom. The Bertz CT molecular complexity index is 1510. The summed E-state index contributed by atoms with van der Waals surface area (Å²) in [4.78, 5) is 46.4. The van der Waals surface area contributed by atoms with Crippen LogP contribution in [0.25, 0.3) is 11.4 Å². The number of aromatic nitrogens is 2. The van der Waals surface area contributed by atoms with Crippen molar-refractivity contribution in [1.82, 2.24) is 14.5 Å². The zero-order chi connectivity index (χ0) is 30.6. The monoisotopic (exact) mass is 581 g/mol. The zero-order valence-corrected chi connectivity index (χ0v) is 25.1. The molecule has 1 aromatic heterocycles. The molecular formula is C35H39N3O5. The van der Waals surface area contributed by atoms with Crippen LogP contribution in [0.4, 0.5) is 0 Å². The molecule has 0 aliphatic heterocycles. The first-order valence-electron chi connectivity index (χ1n) is 14.8. The van der Waals surface area contributed by atoms with Gasteiger partial charge in [0.1, 0.15) is 18.1 Å². The van der Waals surface area contributed by atoms with Crippen LogP contribution in [0.1, 0.15) is 81.9 Å². The lowest BCUT2D eigenvalue weighted by molar-refractivity contribution is 0.0473. The maximum atomic E-state index is 13.8. The van der Waals surface area contributed by atoms with Crippen LogP contribution in [0, 0.1) is 0 Å². The third kappa shape index (κ3) is 8.19. The molecule has 0 atom stereocenters. The number of carbonyl (C=O) groups excluding carboxylic acids is 3. The number of methoxy groups -OCH3 is 1. The van der Waals surface area contributed by atoms with Crippen molar-refractivity contribution in [2.24, 2.45) is 0 Å². The van der Waals surface area contributed by atoms with Crippen molar-refractivity contribution in [2.75, 3.05) is 20.2 Å². The molecular weight excluding hydrogens is 542 g/mol. The molecule has 0 N–H and O–H groups in total. The quantitative estimate of drug-likeness (QED) is 0.152. The number of carbonyl (C=O) groups is 3. The molecule has 3 aromatic carbocycles. The fourth-order valence-corrected chi connectivity index (χ4v) is 4.76. The first kappa shape index (κ1) is 31.2. The van der Waals surface area contributed by atoms with Crippen molar-refractivity contribution in [3.63, 3.8) is 0 Å². The lowest BCUT2D eigenvalue weighted by atomic mass is 10.0. The highest BCUT2D eigenvalue weighted by Crippen LogP contribution is 2.28. The molecule has 0 unspecified atom stereocenters. The normalized spacial score (nSPS) is 10.8. The second-order valence-electron chi connectivity index (χ2n) is 10.4. The van der Waals surface area contributed by atoms with Gasteiger partial charge in [0, 0.05) is 31.4 Å². The fourth-order valence-electron chi connectivity index (χ4n) is 4.76. The van der Waals surface area contributed by atoms with Gasteiger partial charge in [0.15, 0.2) is 0 Å². The number of nitrogens with zero attached hydrogens (tertiary/aromatic N) is 3. The number of imidazole rings is 1. The Morgan fingerprint density at radius 2 is 1.44 bits per heavy atom. The number of rotatable bonds is 14. The van der Waals surface area contributed by atoms with Gasteiger partial charge in [0.25, 0.3) is 5.91 Å². The molecule has 0 radical (unpaired) electrons. The Hall–Kier alpha value is -4.72. The van der Waals surface area contributed by atoms with Gasteiger partial charge in [0.2, 0.25) is 0 Å². The van der Waals surface area contributed by atoms with E-state index in [1.54, 1.807) is 18.3 Å². The number of amides is 1. The minimum Gasteiger partial charge on any atom is -0.465 e. The van der Waals surface area contributed by atoms with E-state index in [1.165, 1.54) is 13.2 Å². The van der Waals surface area contributed by atoms with E-state index in [-0.39, 0.29) is 23.6 Å². The van der Waals surface area contributed by atoms with E-state index in [2.05, 4.69) is 13.8 Å². The number of unbranched alkanes of at least 4 members (excludes halogenated alkanes) is 2. The van der Waals surface area contributed by atoms with E-state index in [0.717, 1.165) is 36.8 Å². The van der Waals surface area contributed by atoms with Gasteiger partial charge in [0.05, 0.1) is 18.2 Å². The van der Waals surface area contributed by atoms with Crippen LogP contribution < -0.4 is 0 Å². The molecule has 1 heterocycles. The Balaban J connectivity index is 1.79. The molecule has 0 saturated carbocycles. The molecule has 4 rings (SSSR count). The van der Waals surface area contributed by atoms with Crippen molar-refractivity contribution < 1.29 is 23.9 Å². The van der Waals surface area contributed by atoms with Crippen LogP contribution >= 0.6 is 0 Å². The van der Waals surface area contributed by atoms with Crippen molar-refractivity contribution >= 4 is 17.8 Å². The summed E-state index contributed by atoms with van der Waals surface area (Å²) in [7, 11) is 1.29. The highest BCUT2D eigenvalue weighted by molar-refractivity contribution is 6.01. The second-order valence-corrected chi connectivity index (χ2v) is 10.4. The summed E-state index contributed by atoms with van der Waals surface area (Å²) in [5.41, 5.74) is 2.97. The van der Waals surface area contributed by atoms with Gasteiger partial charge in [-0.2, -0.15) is 0 Å². The molecule has 0 saturated heterocycles. The second kappa shape index (κ2) is 15.5. The molecule has 0 bridgehead atoms. The van der Waals surface area contributed by atoms with Gasteiger partial charge in [-0.1, -0.05) is 87.4 Å². The van der Waals surface area contributed by atoms with Crippen LogP contribution in [0.15, 0.2) is 85.1 Å². The maximum absolute atomic E-state index is 13.8. The van der Waals surface area contributed by atoms with E-state index in [9.17, 15) is 14.4 Å². The number of benzene rings is 3. The predicted molar refractivity (Wildman–Crippen MR) is 166 cm³/mol. The van der Waals surface area contributed by atoms with Crippen molar-refractivity contribution in [3.8, 4) is 11.4 Å². The van der Waals surface area contributed by atoms with Crippen LogP contribution in [0.3, 0.4) is 0 Å². The van der Waals surface area contributed by atoms with Crippen molar-refractivity contribution in [1.29, 1.82) is 0 Å². The van der Waals surface area contributed by atoms with Crippen LogP contribution in [-0.4, -0.2) is 52.5 Å². The van der Waals surface area contributed by atoms with Gasteiger partial charge >= 0.3 is 11.9 Å². The summed E-state index contributed by atoms with van der Waals surface area (Å²) in [5, 5.41) is 0. The highest BCUT2D eigenvalue weighted by Gasteiger charge is 2.25. The lowest BCUT2D eigenvalue weighted by Crippen LogP contribution is -2.33. The molecule has 0 fully saturated rings. The average Bonchev–Trinajstić information content (AvgIpc) is 3.47. The summed E-state index contributed by atoms with van der Waals surface area (Å²) in [6, 6.07) is 23.9. The SMILES string of the molecule is CCCCN(CCCC)C(=O)c1cn(Cc2ccccc2)c(-c2ccc(C(=O)OC)cc2C(=O)OCc2ccccc2)n1. The smallest absolute Gasteiger partial charge is 0.339 e. The summed E-state index contributed by atoms with van der Waals surface area (Å²) in [6.45, 7) is 6.00. The van der Waals surface area contributed by atoms with E-state index >= 15 is 0 Å². The largest absolute Gasteiger partial charge is 0.465 e. The Kier molecular flexibility index (Phi) is 11.2. The third-order valence-electron chi connectivity index (χ3n) is 7.16. The first-order valence-corrected chi connectivity index (χ1v) is 14.8. The molecule has 0 spiro atoms. The Labute approximate surface area is 253 Å². The molecule has 43 heavy (non-hydrogen) atoms. The van der Waals surface area contributed by atoms with Crippen LogP contribution in [0.5, 0.6) is 0 Å². The Morgan fingerprint density at radius 1 is 0.814 bits per heavy atom. The number of ether oxygens (including phenoxy) is 2. The van der Waals surface area contributed by atoms with E-state index < -0.39 is 11.9 Å². The van der Waals surface area contributed by atoms with Crippen molar-refractivity contribution in [3.05, 3.63) is 113 Å². The van der Waals surface area contributed by atoms with Gasteiger partial charge in [-0.25, -0.2) is 14.6 Å². The predicted octanol–water partition coefficient (Wildman–Crippen LogP) is 6.78. The minimum atomic E-state index is -0.612. The van der Waals surface area contributed by atoms with Gasteiger partial charge < -0.3 is 18.9 Å². The fraction of sp³-hybridized carbons (Fsp3) is 0.314. The first-order chi connectivity index (χ1) is 20.9. The molecule has 1 amide bonds. The number of hydrogen-bond acceptors (Lipinski definition) is 6. The minimum absolute atomic E-state index is 0.0631. The van der Waals surface area contributed by atoms with E-state index in [4.69, 9.17) is 14.5 Å². The lowest BCUT2D eigenvalue weighted by Gasteiger charge is -2.21. The van der Waals surface area contributed by atoms with E-state index in [1.807, 2.05) is 70.1 Å². The summed E-state index contributed by atoms with van der Waals surface area (Å²) in [6.07, 6.45) is 5.51. The summed E-state index contributed by atoms with van der Waals surface area (Å²) >= 11 is 0. The number of hydrogen-bond donors (Lipinski definition) is 0. The standard InChI is InChI=1S/C35H39N3O5/c1-4-6-20-37(21-7-5-2)33(39)31-24-38(23-26-14-10-8-11-15-26)32(36-31)29-19-18-28(34(40)42-3)22-30(29)35(41)43-25-27-16-12-9-13-17-27/h8-19,22,24H,4-7,20-21,23,25H2,1-3H3. The molecule has 0 aliphatic rings. The van der Waals surface area contributed by atoms with Gasteiger partial charge in [-0.15, -0.1) is 0 Å². The van der Waals surface area contributed by atoms with Crippen LogP contribution in [0.2, 0.25) is 0 Å². The topological polar surface area (TPSA) is 90.7 Å². The third-order valence-corrected chi connectivity index (χ3v) is 7.16. The molecule has 224 valence electrons. The maximum Gasteiger partial charge on any atom is 0.339 e. The van der Waals surface area contributed by atoms with Gasteiger partial charge in [-0.05, 0) is 42.2 Å². The van der Waals surface area contributed by atoms with Gasteiger partial charge in [-0.3, -0.25) is 4.79 Å². The molecule has 8 heteroatoms. The highest BCUT2D eigenvalue weighted by atomic mass is 16.5. The number of esters is 2. The zero-order valence-electron chi connectivity index (χ0n) is 25.1.